The third-order valence-electron chi connectivity index (χ3n) is 5.10. The van der Waals surface area contributed by atoms with Crippen LogP contribution in [-0.2, 0) is 9.59 Å². The van der Waals surface area contributed by atoms with E-state index in [0.29, 0.717) is 13.1 Å². The van der Waals surface area contributed by atoms with Gasteiger partial charge in [0, 0.05) is 24.0 Å². The molecule has 28 heavy (non-hydrogen) atoms. The van der Waals surface area contributed by atoms with Crippen LogP contribution in [0.1, 0.15) is 26.7 Å². The van der Waals surface area contributed by atoms with Gasteiger partial charge in [0.25, 0.3) is 0 Å². The van der Waals surface area contributed by atoms with Crippen molar-refractivity contribution in [2.45, 2.75) is 32.7 Å². The Morgan fingerprint density at radius 3 is 2.36 bits per heavy atom. The molecule has 0 aromatic heterocycles. The fourth-order valence-electron chi connectivity index (χ4n) is 3.77. The monoisotopic (exact) mass is 379 g/mol. The molecular formula is C23H29N3O2. The highest BCUT2D eigenvalue weighted by Crippen LogP contribution is 2.21. The van der Waals surface area contributed by atoms with Crippen molar-refractivity contribution in [1.82, 2.24) is 4.90 Å². The molecule has 1 atom stereocenters. The van der Waals surface area contributed by atoms with Crippen LogP contribution in [0.4, 0.5) is 11.4 Å². The SMILES string of the molecule is CC(C)N(C(=O)CN1CCC[C@@H](C(=O)Nc2ccccc2)C1)c1ccccc1. The number of hydrogen-bond donors (Lipinski definition) is 1. The van der Waals surface area contributed by atoms with Crippen molar-refractivity contribution in [2.24, 2.45) is 5.92 Å². The highest BCUT2D eigenvalue weighted by Gasteiger charge is 2.29. The van der Waals surface area contributed by atoms with E-state index in [2.05, 4.69) is 10.2 Å². The van der Waals surface area contributed by atoms with Crippen molar-refractivity contribution in [1.29, 1.82) is 0 Å². The second kappa shape index (κ2) is 9.51. The van der Waals surface area contributed by atoms with Gasteiger partial charge in [-0.2, -0.15) is 0 Å². The molecule has 5 nitrogen and oxygen atoms in total. The van der Waals surface area contributed by atoms with E-state index in [0.717, 1.165) is 30.8 Å². The maximum Gasteiger partial charge on any atom is 0.241 e. The second-order valence-electron chi connectivity index (χ2n) is 7.62. The third-order valence-corrected chi connectivity index (χ3v) is 5.10. The number of benzene rings is 2. The lowest BCUT2D eigenvalue weighted by atomic mass is 9.97. The highest BCUT2D eigenvalue weighted by atomic mass is 16.2. The van der Waals surface area contributed by atoms with E-state index >= 15 is 0 Å². The van der Waals surface area contributed by atoms with Crippen molar-refractivity contribution in [2.75, 3.05) is 29.9 Å². The lowest BCUT2D eigenvalue weighted by Gasteiger charge is -2.34. The van der Waals surface area contributed by atoms with E-state index < -0.39 is 0 Å². The normalized spacial score (nSPS) is 17.3. The van der Waals surface area contributed by atoms with Crippen LogP contribution in [0, 0.1) is 5.92 Å². The average Bonchev–Trinajstić information content (AvgIpc) is 2.69. The Morgan fingerprint density at radius 1 is 1.07 bits per heavy atom. The molecule has 0 aliphatic carbocycles. The van der Waals surface area contributed by atoms with Crippen LogP contribution >= 0.6 is 0 Å². The highest BCUT2D eigenvalue weighted by molar-refractivity contribution is 5.95. The zero-order valence-electron chi connectivity index (χ0n) is 16.7. The molecule has 0 bridgehead atoms. The molecule has 1 N–H and O–H groups in total. The molecule has 2 aromatic carbocycles. The van der Waals surface area contributed by atoms with E-state index in [4.69, 9.17) is 0 Å². The topological polar surface area (TPSA) is 52.7 Å². The molecule has 1 aliphatic rings. The summed E-state index contributed by atoms with van der Waals surface area (Å²) < 4.78 is 0. The van der Waals surface area contributed by atoms with Gasteiger partial charge in [-0.3, -0.25) is 14.5 Å². The number of rotatable bonds is 6. The quantitative estimate of drug-likeness (QED) is 0.831. The summed E-state index contributed by atoms with van der Waals surface area (Å²) in [5.74, 6) is 0.0171. The van der Waals surface area contributed by atoms with Gasteiger partial charge in [-0.25, -0.2) is 0 Å². The van der Waals surface area contributed by atoms with Crippen LogP contribution < -0.4 is 10.2 Å². The van der Waals surface area contributed by atoms with Crippen LogP contribution in [0.5, 0.6) is 0 Å². The van der Waals surface area contributed by atoms with Crippen LogP contribution in [0.2, 0.25) is 0 Å². The number of piperidine rings is 1. The summed E-state index contributed by atoms with van der Waals surface area (Å²) in [6.45, 7) is 5.85. The maximum atomic E-state index is 13.0. The first-order valence-electron chi connectivity index (χ1n) is 10.00. The van der Waals surface area contributed by atoms with Crippen LogP contribution in [0.15, 0.2) is 60.7 Å². The largest absolute Gasteiger partial charge is 0.326 e. The van der Waals surface area contributed by atoms with E-state index in [9.17, 15) is 9.59 Å². The summed E-state index contributed by atoms with van der Waals surface area (Å²) in [4.78, 5) is 29.6. The Balaban J connectivity index is 1.60. The fraction of sp³-hybridized carbons (Fsp3) is 0.391. The number of anilines is 2. The molecule has 1 fully saturated rings. The maximum absolute atomic E-state index is 13.0. The number of para-hydroxylation sites is 2. The second-order valence-corrected chi connectivity index (χ2v) is 7.62. The summed E-state index contributed by atoms with van der Waals surface area (Å²) in [5, 5.41) is 2.99. The molecule has 1 heterocycles. The van der Waals surface area contributed by atoms with Gasteiger partial charge in [0.05, 0.1) is 12.5 Å². The molecule has 148 valence electrons. The molecule has 0 unspecified atom stereocenters. The Bertz CT molecular complexity index is 777. The molecule has 2 amide bonds. The molecule has 0 spiro atoms. The van der Waals surface area contributed by atoms with Gasteiger partial charge in [-0.1, -0.05) is 36.4 Å². The summed E-state index contributed by atoms with van der Waals surface area (Å²) in [6, 6.07) is 19.4. The molecule has 5 heteroatoms. The minimum atomic E-state index is -0.0917. The minimum absolute atomic E-state index is 0.0344. The first kappa shape index (κ1) is 20.1. The lowest BCUT2D eigenvalue weighted by molar-refractivity contribution is -0.124. The molecule has 0 radical (unpaired) electrons. The fourth-order valence-corrected chi connectivity index (χ4v) is 3.77. The Kier molecular flexibility index (Phi) is 6.82. The van der Waals surface area contributed by atoms with Gasteiger partial charge < -0.3 is 10.2 Å². The van der Waals surface area contributed by atoms with Gasteiger partial charge in [0.2, 0.25) is 11.8 Å². The van der Waals surface area contributed by atoms with Crippen molar-refractivity contribution in [3.8, 4) is 0 Å². The average molecular weight is 380 g/mol. The molecule has 0 saturated carbocycles. The summed E-state index contributed by atoms with van der Waals surface area (Å²) in [6.07, 6.45) is 1.78. The Hall–Kier alpha value is -2.66. The lowest BCUT2D eigenvalue weighted by Crippen LogP contribution is -2.48. The van der Waals surface area contributed by atoms with E-state index in [1.165, 1.54) is 0 Å². The number of carbonyl (C=O) groups is 2. The first-order chi connectivity index (χ1) is 13.5. The number of amides is 2. The minimum Gasteiger partial charge on any atom is -0.326 e. The van der Waals surface area contributed by atoms with Gasteiger partial charge in [-0.15, -0.1) is 0 Å². The third kappa shape index (κ3) is 5.20. The number of hydrogen-bond acceptors (Lipinski definition) is 3. The Morgan fingerprint density at radius 2 is 1.71 bits per heavy atom. The number of likely N-dealkylation sites (tertiary alicyclic amines) is 1. The van der Waals surface area contributed by atoms with E-state index in [-0.39, 0.29) is 23.8 Å². The number of carbonyl (C=O) groups excluding carboxylic acids is 2. The molecule has 1 saturated heterocycles. The van der Waals surface area contributed by atoms with Crippen LogP contribution in [0.25, 0.3) is 0 Å². The predicted octanol–water partition coefficient (Wildman–Crippen LogP) is 3.78. The first-order valence-corrected chi connectivity index (χ1v) is 10.00. The number of nitrogens with zero attached hydrogens (tertiary/aromatic N) is 2. The Labute approximate surface area is 167 Å². The summed E-state index contributed by atoms with van der Waals surface area (Å²) in [5.41, 5.74) is 1.73. The van der Waals surface area contributed by atoms with E-state index in [1.54, 1.807) is 0 Å². The van der Waals surface area contributed by atoms with Crippen molar-refractivity contribution >= 4 is 23.2 Å². The predicted molar refractivity (Wildman–Crippen MR) is 113 cm³/mol. The van der Waals surface area contributed by atoms with Gasteiger partial charge in [0.15, 0.2) is 0 Å². The summed E-state index contributed by atoms with van der Waals surface area (Å²) in [7, 11) is 0. The molecule has 2 aromatic rings. The van der Waals surface area contributed by atoms with Crippen LogP contribution in [0.3, 0.4) is 0 Å². The molecule has 1 aliphatic heterocycles. The zero-order chi connectivity index (χ0) is 19.9. The molecule has 3 rings (SSSR count). The van der Waals surface area contributed by atoms with Gasteiger partial charge in [0.1, 0.15) is 0 Å². The zero-order valence-corrected chi connectivity index (χ0v) is 16.7. The van der Waals surface area contributed by atoms with E-state index in [1.807, 2.05) is 79.4 Å². The van der Waals surface area contributed by atoms with Crippen LogP contribution in [-0.4, -0.2) is 42.4 Å². The van der Waals surface area contributed by atoms with Crippen molar-refractivity contribution in [3.05, 3.63) is 60.7 Å². The van der Waals surface area contributed by atoms with Crippen molar-refractivity contribution in [3.63, 3.8) is 0 Å². The van der Waals surface area contributed by atoms with Gasteiger partial charge >= 0.3 is 0 Å². The summed E-state index contributed by atoms with van der Waals surface area (Å²) >= 11 is 0. The van der Waals surface area contributed by atoms with Gasteiger partial charge in [-0.05, 0) is 57.5 Å². The standard InChI is InChI=1S/C23H29N3O2/c1-18(2)26(21-13-7-4-8-14-21)22(27)17-25-15-9-10-19(16-25)23(28)24-20-11-5-3-6-12-20/h3-8,11-14,18-19H,9-10,15-17H2,1-2H3,(H,24,28)/t19-/m1/s1. The van der Waals surface area contributed by atoms with Crippen molar-refractivity contribution < 1.29 is 9.59 Å². The number of nitrogens with one attached hydrogen (secondary N) is 1. The molecular weight excluding hydrogens is 350 g/mol. The smallest absolute Gasteiger partial charge is 0.241 e.